The first-order valence-corrected chi connectivity index (χ1v) is 8.90. The number of aliphatic hydroxyl groups excluding tert-OH is 5. The van der Waals surface area contributed by atoms with Crippen LogP contribution in [0.4, 0.5) is 0 Å². The Labute approximate surface area is 141 Å². The lowest BCUT2D eigenvalue weighted by molar-refractivity contribution is -0.894. The number of nitrogens with zero attached hydrogens (tertiary/aromatic N) is 1. The molecule has 4 atom stereocenters. The Morgan fingerprint density at radius 3 is 1.74 bits per heavy atom. The predicted octanol–water partition coefficient (Wildman–Crippen LogP) is 0.249. The number of rotatable bonds is 14. The number of unbranched alkanes of at least 4 members (excludes halogenated alkanes) is 6. The van der Waals surface area contributed by atoms with Crippen LogP contribution in [0, 0.1) is 0 Å². The van der Waals surface area contributed by atoms with E-state index >= 15 is 0 Å². The maximum atomic E-state index is 10.0. The highest BCUT2D eigenvalue weighted by Crippen LogP contribution is 2.12. The number of quaternary nitrogens is 1. The van der Waals surface area contributed by atoms with Crippen molar-refractivity contribution in [3.05, 3.63) is 0 Å². The molecule has 0 aliphatic carbocycles. The molecular formula is C17H38NO5+. The van der Waals surface area contributed by atoms with Crippen molar-refractivity contribution in [2.75, 3.05) is 33.8 Å². The summed E-state index contributed by atoms with van der Waals surface area (Å²) in [6.07, 6.45) is 2.96. The third-order valence-electron chi connectivity index (χ3n) is 4.37. The lowest BCUT2D eigenvalue weighted by Crippen LogP contribution is -2.54. The molecule has 0 rings (SSSR count). The van der Waals surface area contributed by atoms with Gasteiger partial charge in [-0.15, -0.1) is 0 Å². The zero-order valence-corrected chi connectivity index (χ0v) is 15.1. The van der Waals surface area contributed by atoms with Crippen molar-refractivity contribution < 1.29 is 30.0 Å². The summed E-state index contributed by atoms with van der Waals surface area (Å²) in [6.45, 7) is 2.72. The normalized spacial score (nSPS) is 17.7. The third kappa shape index (κ3) is 10.3. The number of hydrogen-bond donors (Lipinski definition) is 5. The predicted molar refractivity (Wildman–Crippen MR) is 90.9 cm³/mol. The van der Waals surface area contributed by atoms with Crippen LogP contribution in [-0.2, 0) is 0 Å². The standard InChI is InChI=1S/C17H38NO5/c1-4-5-6-7-8-9-10-11-18(2,3)12-14(20)16(22)17(23)15(21)13-19/h14-17,19-23H,4-13H2,1-3H3/q+1/t14-,15-,16+,17-/m1/s1. The molecule has 0 saturated carbocycles. The molecule has 0 saturated heterocycles. The van der Waals surface area contributed by atoms with Gasteiger partial charge in [-0.1, -0.05) is 39.0 Å². The molecule has 0 aromatic heterocycles. The van der Waals surface area contributed by atoms with Gasteiger partial charge >= 0.3 is 0 Å². The van der Waals surface area contributed by atoms with Crippen molar-refractivity contribution in [2.24, 2.45) is 0 Å². The van der Waals surface area contributed by atoms with Gasteiger partial charge in [0.2, 0.25) is 0 Å². The SMILES string of the molecule is CCCCCCCCC[N+](C)(C)C[C@@H](O)[C@H](O)[C@H](O)[C@H](O)CO. The fourth-order valence-corrected chi connectivity index (χ4v) is 2.77. The second kappa shape index (κ2) is 12.2. The van der Waals surface area contributed by atoms with Gasteiger partial charge in [0.05, 0.1) is 27.2 Å². The summed E-state index contributed by atoms with van der Waals surface area (Å²) in [5, 5.41) is 47.7. The van der Waals surface area contributed by atoms with Crippen molar-refractivity contribution in [2.45, 2.75) is 76.3 Å². The van der Waals surface area contributed by atoms with Crippen LogP contribution >= 0.6 is 0 Å². The first-order chi connectivity index (χ1) is 10.7. The second-order valence-electron chi connectivity index (χ2n) is 7.26. The summed E-state index contributed by atoms with van der Waals surface area (Å²) in [5.41, 5.74) is 0. The summed E-state index contributed by atoms with van der Waals surface area (Å²) in [7, 11) is 3.95. The van der Waals surface area contributed by atoms with E-state index in [1.807, 2.05) is 14.1 Å². The molecule has 0 spiro atoms. The molecule has 0 unspecified atom stereocenters. The first-order valence-electron chi connectivity index (χ1n) is 8.90. The molecular weight excluding hydrogens is 298 g/mol. The zero-order chi connectivity index (χ0) is 17.9. The van der Waals surface area contributed by atoms with E-state index in [0.717, 1.165) is 19.4 Å². The van der Waals surface area contributed by atoms with E-state index in [2.05, 4.69) is 6.92 Å². The monoisotopic (exact) mass is 336 g/mol. The van der Waals surface area contributed by atoms with Gasteiger partial charge in [-0.05, 0) is 12.8 Å². The lowest BCUT2D eigenvalue weighted by Gasteiger charge is -2.34. The Hall–Kier alpha value is -0.240. The molecule has 6 nitrogen and oxygen atoms in total. The average molecular weight is 336 g/mol. The molecule has 0 fully saturated rings. The molecule has 0 aromatic carbocycles. The molecule has 0 aromatic rings. The highest BCUT2D eigenvalue weighted by molar-refractivity contribution is 4.80. The van der Waals surface area contributed by atoms with Crippen molar-refractivity contribution in [3.8, 4) is 0 Å². The molecule has 0 radical (unpaired) electrons. The molecule has 5 N–H and O–H groups in total. The Bertz CT molecular complexity index is 288. The maximum absolute atomic E-state index is 10.0. The van der Waals surface area contributed by atoms with Crippen LogP contribution in [0.3, 0.4) is 0 Å². The van der Waals surface area contributed by atoms with Gasteiger partial charge in [0.25, 0.3) is 0 Å². The topological polar surface area (TPSA) is 101 Å². The van der Waals surface area contributed by atoms with E-state index < -0.39 is 31.0 Å². The van der Waals surface area contributed by atoms with Crippen molar-refractivity contribution in [3.63, 3.8) is 0 Å². The Morgan fingerprint density at radius 2 is 1.22 bits per heavy atom. The van der Waals surface area contributed by atoms with Crippen LogP contribution in [-0.4, -0.2) is 88.2 Å². The summed E-state index contributed by atoms with van der Waals surface area (Å²) in [4.78, 5) is 0. The number of likely N-dealkylation sites (N-methyl/N-ethyl adjacent to an activating group) is 1. The second-order valence-corrected chi connectivity index (χ2v) is 7.26. The fourth-order valence-electron chi connectivity index (χ4n) is 2.77. The molecule has 6 heteroatoms. The molecule has 0 heterocycles. The van der Waals surface area contributed by atoms with E-state index in [1.165, 1.54) is 32.1 Å². The van der Waals surface area contributed by atoms with Crippen molar-refractivity contribution in [1.82, 2.24) is 0 Å². The van der Waals surface area contributed by atoms with E-state index in [0.29, 0.717) is 4.48 Å². The minimum Gasteiger partial charge on any atom is -0.394 e. The Morgan fingerprint density at radius 1 is 0.739 bits per heavy atom. The van der Waals surface area contributed by atoms with Gasteiger partial charge in [0.1, 0.15) is 31.0 Å². The smallest absolute Gasteiger partial charge is 0.131 e. The van der Waals surface area contributed by atoms with Crippen LogP contribution in [0.5, 0.6) is 0 Å². The summed E-state index contributed by atoms with van der Waals surface area (Å²) >= 11 is 0. The highest BCUT2D eigenvalue weighted by Gasteiger charge is 2.33. The van der Waals surface area contributed by atoms with Gasteiger partial charge in [-0.3, -0.25) is 0 Å². The molecule has 23 heavy (non-hydrogen) atoms. The minimum atomic E-state index is -1.55. The molecule has 140 valence electrons. The Balaban J connectivity index is 4.04. The van der Waals surface area contributed by atoms with Crippen LogP contribution < -0.4 is 0 Å². The minimum absolute atomic E-state index is 0.284. The number of hydrogen-bond acceptors (Lipinski definition) is 5. The van der Waals surface area contributed by atoms with Crippen LogP contribution in [0.15, 0.2) is 0 Å². The van der Waals surface area contributed by atoms with Crippen LogP contribution in [0.1, 0.15) is 51.9 Å². The molecule has 0 amide bonds. The summed E-state index contributed by atoms with van der Waals surface area (Å²) in [6, 6.07) is 0. The van der Waals surface area contributed by atoms with E-state index in [1.54, 1.807) is 0 Å². The third-order valence-corrected chi connectivity index (χ3v) is 4.37. The largest absolute Gasteiger partial charge is 0.394 e. The van der Waals surface area contributed by atoms with Gasteiger partial charge in [0.15, 0.2) is 0 Å². The number of aliphatic hydroxyl groups is 5. The van der Waals surface area contributed by atoms with Crippen LogP contribution in [0.25, 0.3) is 0 Å². The quantitative estimate of drug-likeness (QED) is 0.231. The van der Waals surface area contributed by atoms with Gasteiger partial charge < -0.3 is 30.0 Å². The van der Waals surface area contributed by atoms with Gasteiger partial charge in [-0.2, -0.15) is 0 Å². The average Bonchev–Trinajstić information content (AvgIpc) is 2.51. The van der Waals surface area contributed by atoms with Crippen molar-refractivity contribution in [1.29, 1.82) is 0 Å². The fraction of sp³-hybridized carbons (Fsp3) is 1.00. The zero-order valence-electron chi connectivity index (χ0n) is 15.1. The van der Waals surface area contributed by atoms with E-state index in [4.69, 9.17) is 5.11 Å². The molecule has 0 aliphatic rings. The first kappa shape index (κ1) is 22.8. The lowest BCUT2D eigenvalue weighted by atomic mass is 10.0. The summed E-state index contributed by atoms with van der Waals surface area (Å²) in [5.74, 6) is 0. The van der Waals surface area contributed by atoms with Crippen molar-refractivity contribution >= 4 is 0 Å². The van der Waals surface area contributed by atoms with Gasteiger partial charge in [-0.25, -0.2) is 0 Å². The maximum Gasteiger partial charge on any atom is 0.131 e. The molecule has 0 aliphatic heterocycles. The Kier molecular flexibility index (Phi) is 12.0. The highest BCUT2D eigenvalue weighted by atomic mass is 16.4. The van der Waals surface area contributed by atoms with E-state index in [-0.39, 0.29) is 6.54 Å². The van der Waals surface area contributed by atoms with Gasteiger partial charge in [0, 0.05) is 0 Å². The molecule has 0 bridgehead atoms. The summed E-state index contributed by atoms with van der Waals surface area (Å²) < 4.78 is 0.537. The van der Waals surface area contributed by atoms with E-state index in [9.17, 15) is 20.4 Å². The van der Waals surface area contributed by atoms with Crippen LogP contribution in [0.2, 0.25) is 0 Å².